The summed E-state index contributed by atoms with van der Waals surface area (Å²) in [7, 11) is 1.59. The standard InChI is InChI=1S/C24H27NO5/c1-29-21-13-7-6-12-19(21)22(23(26)27)25-24(28)30-14-20-17-10-4-2-8-15(17)16-9-3-5-11-18(16)20/h2-5,8-11,19-22H,6-7,12-14H2,1H3,(H,25,28)(H,26,27). The molecule has 1 saturated carbocycles. The first-order valence-corrected chi connectivity index (χ1v) is 10.5. The van der Waals surface area contributed by atoms with Crippen LogP contribution < -0.4 is 5.32 Å². The molecular weight excluding hydrogens is 382 g/mol. The van der Waals surface area contributed by atoms with Crippen molar-refractivity contribution in [3.05, 3.63) is 59.7 Å². The number of aliphatic carboxylic acids is 1. The van der Waals surface area contributed by atoms with Crippen molar-refractivity contribution >= 4 is 12.1 Å². The first-order chi connectivity index (χ1) is 14.6. The third kappa shape index (κ3) is 3.92. The van der Waals surface area contributed by atoms with E-state index in [1.54, 1.807) is 7.11 Å². The molecule has 3 atom stereocenters. The van der Waals surface area contributed by atoms with E-state index in [-0.39, 0.29) is 24.5 Å². The van der Waals surface area contributed by atoms with Crippen LogP contribution >= 0.6 is 0 Å². The fourth-order valence-electron chi connectivity index (χ4n) is 4.92. The summed E-state index contributed by atoms with van der Waals surface area (Å²) in [6.45, 7) is 0.157. The van der Waals surface area contributed by atoms with Crippen LogP contribution in [0, 0.1) is 5.92 Å². The van der Waals surface area contributed by atoms with E-state index in [1.165, 1.54) is 0 Å². The highest BCUT2D eigenvalue weighted by Crippen LogP contribution is 2.44. The molecule has 0 bridgehead atoms. The molecule has 1 fully saturated rings. The lowest BCUT2D eigenvalue weighted by Gasteiger charge is -2.34. The second-order valence-corrected chi connectivity index (χ2v) is 8.01. The second kappa shape index (κ2) is 8.88. The van der Waals surface area contributed by atoms with Gasteiger partial charge in [0.05, 0.1) is 6.10 Å². The molecule has 6 nitrogen and oxygen atoms in total. The van der Waals surface area contributed by atoms with E-state index >= 15 is 0 Å². The Labute approximate surface area is 176 Å². The number of nitrogens with one attached hydrogen (secondary N) is 1. The molecule has 2 N–H and O–H groups in total. The summed E-state index contributed by atoms with van der Waals surface area (Å²) in [4.78, 5) is 24.4. The Morgan fingerprint density at radius 3 is 2.23 bits per heavy atom. The van der Waals surface area contributed by atoms with Crippen LogP contribution in [0.25, 0.3) is 11.1 Å². The van der Waals surface area contributed by atoms with Gasteiger partial charge in [0.1, 0.15) is 12.6 Å². The number of fused-ring (bicyclic) bond motifs is 3. The van der Waals surface area contributed by atoms with Crippen LogP contribution in [0.15, 0.2) is 48.5 Å². The Hall–Kier alpha value is -2.86. The van der Waals surface area contributed by atoms with Gasteiger partial charge in [0, 0.05) is 18.9 Å². The van der Waals surface area contributed by atoms with Crippen molar-refractivity contribution in [1.29, 1.82) is 0 Å². The number of benzene rings is 2. The Bertz CT molecular complexity index is 882. The minimum absolute atomic E-state index is 0.0622. The van der Waals surface area contributed by atoms with Crippen molar-refractivity contribution in [2.24, 2.45) is 5.92 Å². The molecule has 3 unspecified atom stereocenters. The van der Waals surface area contributed by atoms with Gasteiger partial charge in [-0.15, -0.1) is 0 Å². The van der Waals surface area contributed by atoms with E-state index in [9.17, 15) is 14.7 Å². The van der Waals surface area contributed by atoms with Crippen LogP contribution in [0.4, 0.5) is 4.79 Å². The Morgan fingerprint density at radius 2 is 1.63 bits per heavy atom. The molecule has 2 aromatic rings. The van der Waals surface area contributed by atoms with Gasteiger partial charge in [-0.2, -0.15) is 0 Å². The molecule has 0 spiro atoms. The maximum atomic E-state index is 12.5. The van der Waals surface area contributed by atoms with Gasteiger partial charge in [0.2, 0.25) is 0 Å². The lowest BCUT2D eigenvalue weighted by molar-refractivity contribution is -0.143. The van der Waals surface area contributed by atoms with Crippen LogP contribution in [0.3, 0.4) is 0 Å². The van der Waals surface area contributed by atoms with E-state index in [0.29, 0.717) is 6.42 Å². The summed E-state index contributed by atoms with van der Waals surface area (Å²) < 4.78 is 11.0. The quantitative estimate of drug-likeness (QED) is 0.748. The number of ether oxygens (including phenoxy) is 2. The zero-order valence-corrected chi connectivity index (χ0v) is 17.0. The number of carboxylic acid groups (broad SMARTS) is 1. The summed E-state index contributed by atoms with van der Waals surface area (Å²) in [5.41, 5.74) is 4.53. The molecule has 2 aliphatic carbocycles. The summed E-state index contributed by atoms with van der Waals surface area (Å²) in [6, 6.07) is 15.2. The number of carbonyl (C=O) groups is 2. The molecule has 158 valence electrons. The van der Waals surface area contributed by atoms with Gasteiger partial charge in [-0.25, -0.2) is 9.59 Å². The lowest BCUT2D eigenvalue weighted by Crippen LogP contribution is -2.51. The number of methoxy groups -OCH3 is 1. The predicted molar refractivity (Wildman–Crippen MR) is 112 cm³/mol. The van der Waals surface area contributed by atoms with Gasteiger partial charge >= 0.3 is 12.1 Å². The van der Waals surface area contributed by atoms with Crippen molar-refractivity contribution in [1.82, 2.24) is 5.32 Å². The fraction of sp³-hybridized carbons (Fsp3) is 0.417. The minimum Gasteiger partial charge on any atom is -0.480 e. The molecular formula is C24H27NO5. The fourth-order valence-corrected chi connectivity index (χ4v) is 4.92. The predicted octanol–water partition coefficient (Wildman–Crippen LogP) is 4.18. The Morgan fingerprint density at radius 1 is 1.03 bits per heavy atom. The summed E-state index contributed by atoms with van der Waals surface area (Å²) in [5, 5.41) is 12.3. The van der Waals surface area contributed by atoms with Crippen molar-refractivity contribution in [3.63, 3.8) is 0 Å². The smallest absolute Gasteiger partial charge is 0.407 e. The topological polar surface area (TPSA) is 84.9 Å². The molecule has 2 aliphatic rings. The number of hydrogen-bond acceptors (Lipinski definition) is 4. The van der Waals surface area contributed by atoms with Crippen molar-refractivity contribution in [2.75, 3.05) is 13.7 Å². The van der Waals surface area contributed by atoms with Crippen molar-refractivity contribution < 1.29 is 24.2 Å². The van der Waals surface area contributed by atoms with Gasteiger partial charge in [-0.1, -0.05) is 61.4 Å². The van der Waals surface area contributed by atoms with E-state index in [2.05, 4.69) is 17.4 Å². The summed E-state index contributed by atoms with van der Waals surface area (Å²) in [5.74, 6) is -1.38. The number of hydrogen-bond donors (Lipinski definition) is 2. The third-order valence-corrected chi connectivity index (χ3v) is 6.37. The molecule has 6 heteroatoms. The van der Waals surface area contributed by atoms with Gasteiger partial charge in [0.25, 0.3) is 0 Å². The molecule has 0 radical (unpaired) electrons. The van der Waals surface area contributed by atoms with Crippen LogP contribution in [0.5, 0.6) is 0 Å². The van der Waals surface area contributed by atoms with Crippen molar-refractivity contribution in [2.45, 2.75) is 43.7 Å². The molecule has 0 aromatic heterocycles. The highest BCUT2D eigenvalue weighted by Gasteiger charge is 2.38. The third-order valence-electron chi connectivity index (χ3n) is 6.37. The van der Waals surface area contributed by atoms with E-state index < -0.39 is 18.1 Å². The number of amides is 1. The first-order valence-electron chi connectivity index (χ1n) is 10.5. The average molecular weight is 409 g/mol. The molecule has 4 rings (SSSR count). The van der Waals surface area contributed by atoms with E-state index in [1.807, 2.05) is 36.4 Å². The average Bonchev–Trinajstić information content (AvgIpc) is 3.09. The minimum atomic E-state index is -1.06. The Kier molecular flexibility index (Phi) is 6.04. The van der Waals surface area contributed by atoms with Gasteiger partial charge in [-0.3, -0.25) is 0 Å². The zero-order valence-electron chi connectivity index (χ0n) is 17.0. The number of carboxylic acids is 1. The SMILES string of the molecule is COC1CCCCC1C(NC(=O)OCC1c2ccccc2-c2ccccc21)C(=O)O. The molecule has 0 saturated heterocycles. The molecule has 0 aliphatic heterocycles. The first kappa shape index (κ1) is 20.4. The number of rotatable bonds is 6. The van der Waals surface area contributed by atoms with Gasteiger partial charge < -0.3 is 19.9 Å². The molecule has 30 heavy (non-hydrogen) atoms. The van der Waals surface area contributed by atoms with Crippen molar-refractivity contribution in [3.8, 4) is 11.1 Å². The lowest BCUT2D eigenvalue weighted by atomic mass is 9.81. The molecule has 1 amide bonds. The van der Waals surface area contributed by atoms with Crippen LogP contribution in [0.2, 0.25) is 0 Å². The van der Waals surface area contributed by atoms with Gasteiger partial charge in [-0.05, 0) is 35.1 Å². The molecule has 0 heterocycles. The van der Waals surface area contributed by atoms with Crippen LogP contribution in [-0.4, -0.2) is 43.0 Å². The van der Waals surface area contributed by atoms with Gasteiger partial charge in [0.15, 0.2) is 0 Å². The monoisotopic (exact) mass is 409 g/mol. The Balaban J connectivity index is 1.45. The zero-order chi connectivity index (χ0) is 21.1. The van der Waals surface area contributed by atoms with Crippen LogP contribution in [0.1, 0.15) is 42.7 Å². The van der Waals surface area contributed by atoms with E-state index in [0.717, 1.165) is 41.5 Å². The van der Waals surface area contributed by atoms with Crippen LogP contribution in [-0.2, 0) is 14.3 Å². The highest BCUT2D eigenvalue weighted by atomic mass is 16.5. The maximum absolute atomic E-state index is 12.5. The maximum Gasteiger partial charge on any atom is 0.407 e. The summed E-state index contributed by atoms with van der Waals surface area (Å²) >= 11 is 0. The number of alkyl carbamates (subject to hydrolysis) is 1. The number of carbonyl (C=O) groups excluding carboxylic acids is 1. The molecule has 2 aromatic carbocycles. The van der Waals surface area contributed by atoms with E-state index in [4.69, 9.17) is 9.47 Å². The normalized spacial score (nSPS) is 21.4. The highest BCUT2D eigenvalue weighted by molar-refractivity contribution is 5.81. The summed E-state index contributed by atoms with van der Waals surface area (Å²) in [6.07, 6.45) is 2.57. The second-order valence-electron chi connectivity index (χ2n) is 8.01. The largest absolute Gasteiger partial charge is 0.480 e.